The Labute approximate surface area is 181 Å². The summed E-state index contributed by atoms with van der Waals surface area (Å²) in [5.74, 6) is -0.348. The fraction of sp³-hybridized carbons (Fsp3) is 0.182. The number of nitrogens with one attached hydrogen (secondary N) is 1. The lowest BCUT2D eigenvalue weighted by atomic mass is 10.1. The molecule has 4 aromatic rings. The molecular formula is C22H19FN4OS2. The molecule has 0 aliphatic heterocycles. The lowest BCUT2D eigenvalue weighted by Gasteiger charge is -2.10. The highest BCUT2D eigenvalue weighted by Crippen LogP contribution is 2.25. The minimum absolute atomic E-state index is 0.0956. The van der Waals surface area contributed by atoms with Crippen LogP contribution in [-0.4, -0.2) is 20.9 Å². The molecule has 0 aliphatic carbocycles. The van der Waals surface area contributed by atoms with Gasteiger partial charge in [0.25, 0.3) is 0 Å². The molecule has 1 N–H and O–H groups in total. The van der Waals surface area contributed by atoms with E-state index in [4.69, 9.17) is 0 Å². The fourth-order valence-electron chi connectivity index (χ4n) is 2.95. The maximum Gasteiger partial charge on any atom is 0.226 e. The molecular weight excluding hydrogens is 419 g/mol. The van der Waals surface area contributed by atoms with Gasteiger partial charge in [-0.25, -0.2) is 14.4 Å². The number of hydrogen-bond acceptors (Lipinski definition) is 6. The van der Waals surface area contributed by atoms with Gasteiger partial charge in [0.15, 0.2) is 0 Å². The Hall–Kier alpha value is -2.97. The highest BCUT2D eigenvalue weighted by atomic mass is 32.1. The average Bonchev–Trinajstić information content (AvgIpc) is 3.40. The summed E-state index contributed by atoms with van der Waals surface area (Å²) in [4.78, 5) is 25.6. The molecule has 152 valence electrons. The summed E-state index contributed by atoms with van der Waals surface area (Å²) in [6.07, 6.45) is 4.31. The second kappa shape index (κ2) is 9.23. The van der Waals surface area contributed by atoms with Crippen molar-refractivity contribution < 1.29 is 9.18 Å². The second-order valence-electron chi connectivity index (χ2n) is 6.81. The lowest BCUT2D eigenvalue weighted by molar-refractivity contribution is -0.121. The van der Waals surface area contributed by atoms with Gasteiger partial charge in [0.2, 0.25) is 5.91 Å². The first-order valence-corrected chi connectivity index (χ1v) is 11.2. The van der Waals surface area contributed by atoms with Crippen molar-refractivity contribution in [3.63, 3.8) is 0 Å². The number of amides is 1. The van der Waals surface area contributed by atoms with Crippen molar-refractivity contribution >= 4 is 28.6 Å². The van der Waals surface area contributed by atoms with Crippen LogP contribution in [0.1, 0.15) is 34.2 Å². The number of pyridine rings is 1. The van der Waals surface area contributed by atoms with Gasteiger partial charge in [0.1, 0.15) is 10.8 Å². The molecule has 5 nitrogen and oxygen atoms in total. The van der Waals surface area contributed by atoms with E-state index in [0.29, 0.717) is 6.42 Å². The number of halogens is 1. The van der Waals surface area contributed by atoms with E-state index < -0.39 is 0 Å². The summed E-state index contributed by atoms with van der Waals surface area (Å²) >= 11 is 3.03. The summed E-state index contributed by atoms with van der Waals surface area (Å²) in [6, 6.07) is 10.0. The average molecular weight is 439 g/mol. The molecule has 1 unspecified atom stereocenters. The highest BCUT2D eigenvalue weighted by Gasteiger charge is 2.15. The monoisotopic (exact) mass is 438 g/mol. The summed E-state index contributed by atoms with van der Waals surface area (Å²) < 4.78 is 13.0. The molecule has 0 aliphatic rings. The van der Waals surface area contributed by atoms with Gasteiger partial charge < -0.3 is 5.32 Å². The number of nitrogens with zero attached hydrogens (tertiary/aromatic N) is 3. The summed E-state index contributed by atoms with van der Waals surface area (Å²) in [5, 5.41) is 8.63. The normalized spacial score (nSPS) is 11.9. The molecule has 3 aromatic heterocycles. The van der Waals surface area contributed by atoms with Crippen LogP contribution >= 0.6 is 22.7 Å². The van der Waals surface area contributed by atoms with Gasteiger partial charge in [0, 0.05) is 35.1 Å². The van der Waals surface area contributed by atoms with E-state index in [1.165, 1.54) is 34.8 Å². The van der Waals surface area contributed by atoms with E-state index in [0.717, 1.165) is 32.5 Å². The first-order chi connectivity index (χ1) is 14.6. The Balaban J connectivity index is 1.33. The van der Waals surface area contributed by atoms with Crippen LogP contribution in [0.3, 0.4) is 0 Å². The maximum atomic E-state index is 13.0. The maximum absolute atomic E-state index is 13.0. The van der Waals surface area contributed by atoms with Crippen LogP contribution in [0.25, 0.3) is 11.3 Å². The number of carbonyl (C=O) groups excluding carboxylic acids is 1. The number of benzene rings is 1. The minimum Gasteiger partial charge on any atom is -0.347 e. The Kier molecular flexibility index (Phi) is 6.25. The molecule has 0 saturated carbocycles. The number of aromatic nitrogens is 3. The van der Waals surface area contributed by atoms with Crippen LogP contribution in [0, 0.1) is 5.82 Å². The Morgan fingerprint density at radius 3 is 2.60 bits per heavy atom. The topological polar surface area (TPSA) is 67.8 Å². The van der Waals surface area contributed by atoms with E-state index >= 15 is 0 Å². The summed E-state index contributed by atoms with van der Waals surface area (Å²) in [6.45, 7) is 1.92. The van der Waals surface area contributed by atoms with Gasteiger partial charge in [-0.05, 0) is 36.8 Å². The van der Waals surface area contributed by atoms with Crippen LogP contribution in [0.15, 0.2) is 59.6 Å². The Bertz CT molecular complexity index is 1130. The summed E-state index contributed by atoms with van der Waals surface area (Å²) in [5.41, 5.74) is 3.60. The third-order valence-corrected chi connectivity index (χ3v) is 6.38. The standard InChI is InChI=1S/C22H19FN4OS2/c1-14(22-27-19(13-30-22)16-6-8-24-9-7-16)25-20(28)11-18-12-29-21(26-18)10-15-2-4-17(23)5-3-15/h2-9,12-14H,10-11H2,1H3,(H,25,28). The molecule has 1 amide bonds. The van der Waals surface area contributed by atoms with Crippen molar-refractivity contribution in [2.24, 2.45) is 0 Å². The zero-order valence-corrected chi connectivity index (χ0v) is 17.8. The van der Waals surface area contributed by atoms with Crippen LogP contribution in [-0.2, 0) is 17.6 Å². The largest absolute Gasteiger partial charge is 0.347 e. The zero-order chi connectivity index (χ0) is 20.9. The molecule has 0 radical (unpaired) electrons. The van der Waals surface area contributed by atoms with Crippen LogP contribution in [0.4, 0.5) is 4.39 Å². The molecule has 1 atom stereocenters. The van der Waals surface area contributed by atoms with Gasteiger partial charge in [-0.15, -0.1) is 22.7 Å². The van der Waals surface area contributed by atoms with E-state index in [2.05, 4.69) is 20.3 Å². The van der Waals surface area contributed by atoms with E-state index in [9.17, 15) is 9.18 Å². The first kappa shape index (κ1) is 20.3. The molecule has 0 bridgehead atoms. The third kappa shape index (κ3) is 5.14. The Morgan fingerprint density at radius 1 is 1.07 bits per heavy atom. The van der Waals surface area contributed by atoms with Crippen molar-refractivity contribution in [3.05, 3.63) is 86.6 Å². The third-order valence-electron chi connectivity index (χ3n) is 4.46. The quantitative estimate of drug-likeness (QED) is 0.450. The zero-order valence-electron chi connectivity index (χ0n) is 16.2. The highest BCUT2D eigenvalue weighted by molar-refractivity contribution is 7.10. The predicted octanol–water partition coefficient (Wildman–Crippen LogP) is 4.81. The molecule has 30 heavy (non-hydrogen) atoms. The minimum atomic E-state index is -0.252. The molecule has 8 heteroatoms. The predicted molar refractivity (Wildman–Crippen MR) is 117 cm³/mol. The molecule has 0 spiro atoms. The van der Waals surface area contributed by atoms with E-state index in [1.54, 1.807) is 24.5 Å². The first-order valence-electron chi connectivity index (χ1n) is 9.40. The number of thiazole rings is 2. The smallest absolute Gasteiger partial charge is 0.226 e. The molecule has 1 aromatic carbocycles. The second-order valence-corrected chi connectivity index (χ2v) is 8.64. The van der Waals surface area contributed by atoms with Gasteiger partial charge in [-0.1, -0.05) is 12.1 Å². The molecule has 3 heterocycles. The van der Waals surface area contributed by atoms with Crippen molar-refractivity contribution in [1.82, 2.24) is 20.3 Å². The van der Waals surface area contributed by atoms with Gasteiger partial charge >= 0.3 is 0 Å². The fourth-order valence-corrected chi connectivity index (χ4v) is 4.61. The molecule has 0 saturated heterocycles. The molecule has 4 rings (SSSR count). The molecule has 0 fully saturated rings. The lowest BCUT2D eigenvalue weighted by Crippen LogP contribution is -2.28. The van der Waals surface area contributed by atoms with Crippen molar-refractivity contribution in [3.8, 4) is 11.3 Å². The van der Waals surface area contributed by atoms with Crippen molar-refractivity contribution in [2.75, 3.05) is 0 Å². The number of hydrogen-bond donors (Lipinski definition) is 1. The van der Waals surface area contributed by atoms with Gasteiger partial charge in [-0.3, -0.25) is 9.78 Å². The summed E-state index contributed by atoms with van der Waals surface area (Å²) in [7, 11) is 0. The number of carbonyl (C=O) groups is 1. The number of rotatable bonds is 7. The van der Waals surface area contributed by atoms with Gasteiger partial charge in [0.05, 0.1) is 28.9 Å². The van der Waals surface area contributed by atoms with Crippen LogP contribution in [0.5, 0.6) is 0 Å². The SMILES string of the molecule is CC(NC(=O)Cc1csc(Cc2ccc(F)cc2)n1)c1nc(-c2ccncc2)cs1. The van der Waals surface area contributed by atoms with E-state index in [1.807, 2.05) is 29.8 Å². The van der Waals surface area contributed by atoms with E-state index in [-0.39, 0.29) is 24.2 Å². The van der Waals surface area contributed by atoms with Gasteiger partial charge in [-0.2, -0.15) is 0 Å². The Morgan fingerprint density at radius 2 is 1.83 bits per heavy atom. The van der Waals surface area contributed by atoms with Crippen molar-refractivity contribution in [2.45, 2.75) is 25.8 Å². The van der Waals surface area contributed by atoms with Crippen molar-refractivity contribution in [1.29, 1.82) is 0 Å². The van der Waals surface area contributed by atoms with Crippen LogP contribution < -0.4 is 5.32 Å². The van der Waals surface area contributed by atoms with Crippen LogP contribution in [0.2, 0.25) is 0 Å².